The van der Waals surface area contributed by atoms with Crippen LogP contribution in [0.1, 0.15) is 46.4 Å². The molecule has 1 aliphatic heterocycles. The van der Waals surface area contributed by atoms with Crippen LogP contribution in [0.15, 0.2) is 60.0 Å². The summed E-state index contributed by atoms with van der Waals surface area (Å²) in [5.74, 6) is 0.378. The van der Waals surface area contributed by atoms with Crippen molar-refractivity contribution in [1.29, 1.82) is 0 Å². The van der Waals surface area contributed by atoms with Gasteiger partial charge in [0.15, 0.2) is 0 Å². The fraction of sp³-hybridized carbons (Fsp3) is 0.414. The highest BCUT2D eigenvalue weighted by Gasteiger charge is 2.25. The smallest absolute Gasteiger partial charge is 0.322 e. The average Bonchev–Trinajstić information content (AvgIpc) is 3.40. The van der Waals surface area contributed by atoms with Gasteiger partial charge in [0.05, 0.1) is 13.2 Å². The molecule has 38 heavy (non-hydrogen) atoms. The molecule has 0 aliphatic carbocycles. The van der Waals surface area contributed by atoms with E-state index >= 15 is 0 Å². The van der Waals surface area contributed by atoms with E-state index in [1.54, 1.807) is 17.4 Å². The zero-order chi connectivity index (χ0) is 26.9. The number of methoxy groups -OCH3 is 1. The number of piperazine rings is 1. The molecule has 1 N–H and O–H groups in total. The van der Waals surface area contributed by atoms with Crippen LogP contribution in [-0.4, -0.2) is 78.1 Å². The van der Waals surface area contributed by atoms with Crippen LogP contribution in [-0.2, 0) is 17.8 Å². The molecule has 1 fully saturated rings. The van der Waals surface area contributed by atoms with E-state index in [1.807, 2.05) is 35.2 Å². The van der Waals surface area contributed by atoms with Crippen LogP contribution >= 0.6 is 11.3 Å². The molecule has 3 aromatic rings. The van der Waals surface area contributed by atoms with Gasteiger partial charge in [-0.15, -0.1) is 11.3 Å². The first-order valence-corrected chi connectivity index (χ1v) is 14.0. The van der Waals surface area contributed by atoms with Gasteiger partial charge in [-0.25, -0.2) is 9.78 Å². The first-order valence-electron chi connectivity index (χ1n) is 13.1. The van der Waals surface area contributed by atoms with Crippen LogP contribution in [0.5, 0.6) is 0 Å². The fourth-order valence-electron chi connectivity index (χ4n) is 4.37. The number of amides is 3. The second-order valence-electron chi connectivity index (χ2n) is 9.80. The number of urea groups is 1. The van der Waals surface area contributed by atoms with Crippen LogP contribution in [0.25, 0.3) is 0 Å². The van der Waals surface area contributed by atoms with Crippen molar-refractivity contribution < 1.29 is 14.3 Å². The van der Waals surface area contributed by atoms with Gasteiger partial charge >= 0.3 is 6.03 Å². The Kier molecular flexibility index (Phi) is 9.86. The molecule has 0 spiro atoms. The molecule has 3 amide bonds. The Hall–Kier alpha value is -3.27. The highest BCUT2D eigenvalue weighted by Crippen LogP contribution is 2.19. The molecule has 4 rings (SSSR count). The zero-order valence-electron chi connectivity index (χ0n) is 22.4. The molecular weight excluding hydrogens is 498 g/mol. The fourth-order valence-corrected chi connectivity index (χ4v) is 5.15. The summed E-state index contributed by atoms with van der Waals surface area (Å²) in [5, 5.41) is 5.49. The van der Waals surface area contributed by atoms with Crippen LogP contribution in [0.4, 0.5) is 10.5 Å². The minimum atomic E-state index is -0.225. The zero-order valence-corrected chi connectivity index (χ0v) is 23.2. The number of benzene rings is 2. The lowest BCUT2D eigenvalue weighted by molar-refractivity contribution is 0.0623. The summed E-state index contributed by atoms with van der Waals surface area (Å²) >= 11 is 1.40. The summed E-state index contributed by atoms with van der Waals surface area (Å²) in [4.78, 5) is 36.7. The van der Waals surface area contributed by atoms with Crippen molar-refractivity contribution >= 4 is 29.0 Å². The molecule has 1 aliphatic rings. The van der Waals surface area contributed by atoms with Gasteiger partial charge in [-0.2, -0.15) is 0 Å². The van der Waals surface area contributed by atoms with E-state index in [2.05, 4.69) is 53.3 Å². The molecule has 9 heteroatoms. The molecule has 0 saturated carbocycles. The van der Waals surface area contributed by atoms with Crippen molar-refractivity contribution in [3.05, 3.63) is 81.8 Å². The lowest BCUT2D eigenvalue weighted by Crippen LogP contribution is -2.48. The summed E-state index contributed by atoms with van der Waals surface area (Å²) in [6.45, 7) is 9.32. The predicted molar refractivity (Wildman–Crippen MR) is 152 cm³/mol. The summed E-state index contributed by atoms with van der Waals surface area (Å²) in [6.07, 6.45) is 0. The normalized spacial score (nSPS) is 14.1. The summed E-state index contributed by atoms with van der Waals surface area (Å²) in [5.41, 5.74) is 3.68. The second-order valence-corrected chi connectivity index (χ2v) is 10.7. The van der Waals surface area contributed by atoms with E-state index in [0.717, 1.165) is 30.3 Å². The van der Waals surface area contributed by atoms with Gasteiger partial charge in [0, 0.05) is 57.4 Å². The number of nitrogens with zero attached hydrogens (tertiary/aromatic N) is 4. The summed E-state index contributed by atoms with van der Waals surface area (Å²) in [7, 11) is 1.61. The van der Waals surface area contributed by atoms with E-state index in [9.17, 15) is 9.59 Å². The number of carbonyl (C=O) groups excluding carboxylic acids is 2. The number of rotatable bonds is 10. The first kappa shape index (κ1) is 27.8. The van der Waals surface area contributed by atoms with Crippen LogP contribution in [0.3, 0.4) is 0 Å². The number of nitrogens with one attached hydrogen (secondary N) is 1. The molecule has 8 nitrogen and oxygen atoms in total. The Morgan fingerprint density at radius 3 is 2.42 bits per heavy atom. The average molecular weight is 536 g/mol. The molecular formula is C29H37N5O3S. The van der Waals surface area contributed by atoms with E-state index < -0.39 is 0 Å². The predicted octanol–water partition coefficient (Wildman–Crippen LogP) is 4.91. The maximum Gasteiger partial charge on any atom is 0.322 e. The standard InChI is InChI=1S/C29H37N5O3S/c1-22(2)24-9-11-25(12-10-24)30-29(36)34(17-18-37-3)20-27-31-26(21-38-27)28(35)33-15-13-32(14-16-33)19-23-7-5-4-6-8-23/h4-12,21-22H,13-20H2,1-3H3,(H,30,36). The van der Waals surface area contributed by atoms with Gasteiger partial charge < -0.3 is 19.9 Å². The summed E-state index contributed by atoms with van der Waals surface area (Å²) in [6, 6.07) is 18.1. The molecule has 2 heterocycles. The van der Waals surface area contributed by atoms with Gasteiger partial charge in [0.1, 0.15) is 10.7 Å². The van der Waals surface area contributed by atoms with E-state index in [1.165, 1.54) is 22.5 Å². The van der Waals surface area contributed by atoms with Crippen molar-refractivity contribution in [3.63, 3.8) is 0 Å². The Balaban J connectivity index is 1.32. The quantitative estimate of drug-likeness (QED) is 0.399. The Morgan fingerprint density at radius 2 is 1.76 bits per heavy atom. The second kappa shape index (κ2) is 13.5. The van der Waals surface area contributed by atoms with Crippen molar-refractivity contribution in [2.75, 3.05) is 51.8 Å². The van der Waals surface area contributed by atoms with Crippen LogP contribution in [0, 0.1) is 0 Å². The molecule has 1 saturated heterocycles. The monoisotopic (exact) mass is 535 g/mol. The Morgan fingerprint density at radius 1 is 1.05 bits per heavy atom. The highest BCUT2D eigenvalue weighted by molar-refractivity contribution is 7.09. The third-order valence-electron chi connectivity index (χ3n) is 6.69. The summed E-state index contributed by atoms with van der Waals surface area (Å²) < 4.78 is 5.22. The molecule has 0 atom stereocenters. The van der Waals surface area contributed by atoms with Crippen molar-refractivity contribution in [2.24, 2.45) is 0 Å². The highest BCUT2D eigenvalue weighted by atomic mass is 32.1. The van der Waals surface area contributed by atoms with Crippen LogP contribution in [0.2, 0.25) is 0 Å². The van der Waals surface area contributed by atoms with Crippen molar-refractivity contribution in [2.45, 2.75) is 32.9 Å². The minimum absolute atomic E-state index is 0.0509. The molecule has 2 aromatic carbocycles. The van der Waals surface area contributed by atoms with Crippen molar-refractivity contribution in [3.8, 4) is 0 Å². The molecule has 0 radical (unpaired) electrons. The third kappa shape index (κ3) is 7.63. The van der Waals surface area contributed by atoms with Gasteiger partial charge in [0.25, 0.3) is 5.91 Å². The molecule has 202 valence electrons. The SMILES string of the molecule is COCCN(Cc1nc(C(=O)N2CCN(Cc3ccccc3)CC2)cs1)C(=O)Nc1ccc(C(C)C)cc1. The lowest BCUT2D eigenvalue weighted by Gasteiger charge is -2.34. The number of hydrogen-bond acceptors (Lipinski definition) is 6. The van der Waals surface area contributed by atoms with E-state index in [0.29, 0.717) is 44.4 Å². The van der Waals surface area contributed by atoms with Gasteiger partial charge in [-0.3, -0.25) is 9.69 Å². The molecule has 0 unspecified atom stereocenters. The van der Waals surface area contributed by atoms with E-state index in [4.69, 9.17) is 4.74 Å². The Bertz CT molecular complexity index is 1170. The van der Waals surface area contributed by atoms with Crippen LogP contribution < -0.4 is 5.32 Å². The number of carbonyl (C=O) groups is 2. The number of ether oxygens (including phenoxy) is 1. The number of thiazole rings is 1. The maximum atomic E-state index is 13.1. The largest absolute Gasteiger partial charge is 0.383 e. The topological polar surface area (TPSA) is 78.0 Å². The number of hydrogen-bond donors (Lipinski definition) is 1. The number of anilines is 1. The van der Waals surface area contributed by atoms with Gasteiger partial charge in [0.2, 0.25) is 0 Å². The number of aromatic nitrogens is 1. The van der Waals surface area contributed by atoms with Gasteiger partial charge in [-0.1, -0.05) is 56.3 Å². The first-order chi connectivity index (χ1) is 18.4. The lowest BCUT2D eigenvalue weighted by atomic mass is 10.0. The third-order valence-corrected chi connectivity index (χ3v) is 7.52. The Labute approximate surface area is 229 Å². The minimum Gasteiger partial charge on any atom is -0.383 e. The molecule has 1 aromatic heterocycles. The van der Waals surface area contributed by atoms with E-state index in [-0.39, 0.29) is 11.9 Å². The van der Waals surface area contributed by atoms with Crippen molar-refractivity contribution in [1.82, 2.24) is 19.7 Å². The maximum absolute atomic E-state index is 13.1. The molecule has 0 bridgehead atoms. The van der Waals surface area contributed by atoms with Gasteiger partial charge in [-0.05, 0) is 29.2 Å².